The average Bonchev–Trinajstić information content (AvgIpc) is 3.72. The molecule has 0 saturated heterocycles. The molecule has 0 atom stereocenters. The summed E-state index contributed by atoms with van der Waals surface area (Å²) < 4.78 is 0. The Kier molecular flexibility index (Phi) is 7.47. The number of H-pyrrole nitrogens is 2. The second kappa shape index (κ2) is 11.5. The Morgan fingerprint density at radius 3 is 2.80 bits per heavy atom. The number of pyridine rings is 1. The van der Waals surface area contributed by atoms with Gasteiger partial charge in [-0.3, -0.25) is 10.1 Å². The number of aryl methyl sites for hydroxylation is 1. The van der Waals surface area contributed by atoms with Crippen LogP contribution in [0.5, 0.6) is 0 Å². The van der Waals surface area contributed by atoms with Crippen molar-refractivity contribution in [1.29, 1.82) is 0 Å². The summed E-state index contributed by atoms with van der Waals surface area (Å²) in [5, 5.41) is 14.4. The first kappa shape index (κ1) is 26.0. The number of nitrogens with zero attached hydrogens (tertiary/aromatic N) is 3. The van der Waals surface area contributed by atoms with Gasteiger partial charge in [-0.15, -0.1) is 11.3 Å². The fraction of sp³-hybridized carbons (Fsp3) is 0.242. The van der Waals surface area contributed by atoms with E-state index in [1.807, 2.05) is 25.4 Å². The molecule has 0 bridgehead atoms. The lowest BCUT2D eigenvalue weighted by atomic mass is 9.86. The number of hydrogen-bond acceptors (Lipinski definition) is 5. The van der Waals surface area contributed by atoms with Gasteiger partial charge in [0.05, 0.1) is 23.1 Å². The molecule has 202 valence electrons. The Morgan fingerprint density at radius 2 is 2.00 bits per heavy atom. The molecule has 0 unspecified atom stereocenters. The van der Waals surface area contributed by atoms with Gasteiger partial charge in [-0.2, -0.15) is 5.10 Å². The smallest absolute Gasteiger partial charge is 0.159 e. The maximum Gasteiger partial charge on any atom is 0.159 e. The van der Waals surface area contributed by atoms with Crippen LogP contribution in [-0.2, 0) is 0 Å². The molecule has 6 nitrogen and oxygen atoms in total. The predicted molar refractivity (Wildman–Crippen MR) is 167 cm³/mol. The van der Waals surface area contributed by atoms with E-state index in [-0.39, 0.29) is 0 Å². The van der Waals surface area contributed by atoms with Crippen molar-refractivity contribution in [3.63, 3.8) is 0 Å². The van der Waals surface area contributed by atoms with Crippen molar-refractivity contribution in [2.45, 2.75) is 45.4 Å². The third-order valence-corrected chi connectivity index (χ3v) is 8.55. The monoisotopic (exact) mass is 546 g/mol. The third-order valence-electron chi connectivity index (χ3n) is 7.65. The van der Waals surface area contributed by atoms with E-state index in [0.717, 1.165) is 79.1 Å². The summed E-state index contributed by atoms with van der Waals surface area (Å²) in [4.78, 5) is 14.1. The second-order valence-electron chi connectivity index (χ2n) is 10.6. The van der Waals surface area contributed by atoms with E-state index in [4.69, 9.17) is 4.98 Å². The van der Waals surface area contributed by atoms with Crippen molar-refractivity contribution < 1.29 is 0 Å². The molecule has 1 aliphatic carbocycles. The predicted octanol–water partition coefficient (Wildman–Crippen LogP) is 8.90. The molecule has 40 heavy (non-hydrogen) atoms. The zero-order valence-electron chi connectivity index (χ0n) is 22.8. The fourth-order valence-electron chi connectivity index (χ4n) is 5.70. The molecule has 5 aromatic rings. The van der Waals surface area contributed by atoms with Gasteiger partial charge in [0.15, 0.2) is 5.82 Å². The number of anilines is 1. The molecular formula is C33H34N6S. The van der Waals surface area contributed by atoms with Gasteiger partial charge in [0.1, 0.15) is 5.69 Å². The summed E-state index contributed by atoms with van der Waals surface area (Å²) in [6.45, 7) is 10.3. The van der Waals surface area contributed by atoms with Crippen molar-refractivity contribution in [1.82, 2.24) is 25.1 Å². The number of hydrogen-bond donors (Lipinski definition) is 3. The van der Waals surface area contributed by atoms with Crippen LogP contribution in [0.15, 0.2) is 85.2 Å². The minimum atomic E-state index is 0.731. The van der Waals surface area contributed by atoms with Crippen molar-refractivity contribution in [3.05, 3.63) is 101 Å². The van der Waals surface area contributed by atoms with Crippen LogP contribution in [0.1, 0.15) is 54.8 Å². The zero-order chi connectivity index (χ0) is 27.5. The van der Waals surface area contributed by atoms with Crippen LogP contribution in [0, 0.1) is 12.8 Å². The number of nitrogens with one attached hydrogen (secondary N) is 3. The lowest BCUT2D eigenvalue weighted by Gasteiger charge is -2.22. The molecular weight excluding hydrogens is 512 g/mol. The van der Waals surface area contributed by atoms with Crippen LogP contribution in [-0.4, -0.2) is 25.1 Å². The van der Waals surface area contributed by atoms with Gasteiger partial charge < -0.3 is 10.3 Å². The van der Waals surface area contributed by atoms with Gasteiger partial charge in [0.2, 0.25) is 0 Å². The quantitative estimate of drug-likeness (QED) is 0.161. The number of aromatic nitrogens is 5. The molecule has 4 heterocycles. The van der Waals surface area contributed by atoms with Gasteiger partial charge >= 0.3 is 0 Å². The Hall–Kier alpha value is -4.23. The first-order valence-electron chi connectivity index (χ1n) is 13.9. The van der Waals surface area contributed by atoms with Crippen LogP contribution >= 0.6 is 11.3 Å². The van der Waals surface area contributed by atoms with Crippen LogP contribution in [0.4, 0.5) is 5.69 Å². The summed E-state index contributed by atoms with van der Waals surface area (Å²) >= 11 is 1.69. The highest BCUT2D eigenvalue weighted by Crippen LogP contribution is 2.34. The number of fused-ring (bicyclic) bond motifs is 1. The number of rotatable bonds is 9. The standard InChI is InChI=1S/C33H34N6S/c1-4-9-27(30-12-8-15-40-30)31-22(3)36-33(37-31)32-28-18-24(13-14-29(28)38-39-32)25-17-26(20-34-19-25)35-21(2)16-23-10-6-5-7-11-23/h4,8-9,12-15,17-20,23,35H,1-2,5-7,10-11,16H2,3H3,(H,36,37)(H,38,39)/b27-9-. The van der Waals surface area contributed by atoms with Gasteiger partial charge in [-0.05, 0) is 54.5 Å². The summed E-state index contributed by atoms with van der Waals surface area (Å²) in [6, 6.07) is 12.6. The first-order chi connectivity index (χ1) is 19.6. The van der Waals surface area contributed by atoms with Crippen molar-refractivity contribution in [3.8, 4) is 22.6 Å². The summed E-state index contributed by atoms with van der Waals surface area (Å²) in [5.41, 5.74) is 8.82. The van der Waals surface area contributed by atoms with Gasteiger partial charge in [0.25, 0.3) is 0 Å². The minimum Gasteiger partial charge on any atom is -0.358 e. The maximum absolute atomic E-state index is 4.99. The number of allylic oxidation sites excluding steroid dienone is 3. The second-order valence-corrected chi connectivity index (χ2v) is 11.5. The number of benzene rings is 1. The Bertz CT molecular complexity index is 1680. The van der Waals surface area contributed by atoms with E-state index in [0.29, 0.717) is 0 Å². The third kappa shape index (κ3) is 5.42. The SMILES string of the molecule is C=C/C=C(/c1cccs1)c1nc(-c2n[nH]c3ccc(-c4cncc(NC(=C)CC5CCCCC5)c4)cc23)[nH]c1C. The summed E-state index contributed by atoms with van der Waals surface area (Å²) in [7, 11) is 0. The molecule has 4 aromatic heterocycles. The molecule has 0 aliphatic heterocycles. The number of thiophene rings is 1. The Labute approximate surface area is 239 Å². The fourth-order valence-corrected chi connectivity index (χ4v) is 6.45. The molecule has 1 aliphatic rings. The van der Waals surface area contributed by atoms with E-state index < -0.39 is 0 Å². The van der Waals surface area contributed by atoms with Crippen molar-refractivity contribution >= 4 is 33.5 Å². The molecule has 0 radical (unpaired) electrons. The zero-order valence-corrected chi connectivity index (χ0v) is 23.7. The van der Waals surface area contributed by atoms with E-state index >= 15 is 0 Å². The normalized spacial score (nSPS) is 14.5. The molecule has 6 rings (SSSR count). The highest BCUT2D eigenvalue weighted by atomic mass is 32.1. The van der Waals surface area contributed by atoms with E-state index in [9.17, 15) is 0 Å². The molecule has 1 aromatic carbocycles. The molecule has 0 spiro atoms. The van der Waals surface area contributed by atoms with Crippen molar-refractivity contribution in [2.24, 2.45) is 5.92 Å². The summed E-state index contributed by atoms with van der Waals surface area (Å²) in [5.74, 6) is 1.47. The van der Waals surface area contributed by atoms with Gasteiger partial charge in [-0.25, -0.2) is 4.98 Å². The maximum atomic E-state index is 4.99. The largest absolute Gasteiger partial charge is 0.358 e. The highest BCUT2D eigenvalue weighted by Gasteiger charge is 2.19. The van der Waals surface area contributed by atoms with E-state index in [1.54, 1.807) is 17.4 Å². The lowest BCUT2D eigenvalue weighted by molar-refractivity contribution is 0.357. The molecule has 1 saturated carbocycles. The molecule has 3 N–H and O–H groups in total. The average molecular weight is 547 g/mol. The van der Waals surface area contributed by atoms with E-state index in [2.05, 4.69) is 80.4 Å². The lowest BCUT2D eigenvalue weighted by Crippen LogP contribution is -2.10. The van der Waals surface area contributed by atoms with Crippen LogP contribution < -0.4 is 5.32 Å². The van der Waals surface area contributed by atoms with E-state index in [1.165, 1.54) is 32.1 Å². The number of aromatic amines is 2. The topological polar surface area (TPSA) is 82.3 Å². The van der Waals surface area contributed by atoms with Gasteiger partial charge in [-0.1, -0.05) is 69.5 Å². The minimum absolute atomic E-state index is 0.731. The highest BCUT2D eigenvalue weighted by molar-refractivity contribution is 7.11. The molecule has 7 heteroatoms. The summed E-state index contributed by atoms with van der Waals surface area (Å²) in [6.07, 6.45) is 15.3. The molecule has 1 fully saturated rings. The Balaban J connectivity index is 1.28. The molecule has 0 amide bonds. The first-order valence-corrected chi connectivity index (χ1v) is 14.8. The van der Waals surface area contributed by atoms with Crippen LogP contribution in [0.3, 0.4) is 0 Å². The van der Waals surface area contributed by atoms with Crippen molar-refractivity contribution in [2.75, 3.05) is 5.32 Å². The number of imidazole rings is 1. The van der Waals surface area contributed by atoms with Gasteiger partial charge in [0, 0.05) is 39.0 Å². The Morgan fingerprint density at radius 1 is 1.12 bits per heavy atom. The van der Waals surface area contributed by atoms with Crippen LogP contribution in [0.25, 0.3) is 39.1 Å². The van der Waals surface area contributed by atoms with Crippen LogP contribution in [0.2, 0.25) is 0 Å².